The van der Waals surface area contributed by atoms with Crippen LogP contribution in [0.2, 0.25) is 0 Å². The number of benzene rings is 1. The van der Waals surface area contributed by atoms with Crippen LogP contribution >= 0.6 is 0 Å². The number of amides is 1. The molecular formula is C24H30N4O4. The van der Waals surface area contributed by atoms with Gasteiger partial charge in [-0.3, -0.25) is 9.59 Å². The van der Waals surface area contributed by atoms with Crippen molar-refractivity contribution in [2.75, 3.05) is 17.2 Å². The molecule has 1 amide bonds. The van der Waals surface area contributed by atoms with E-state index in [1.807, 2.05) is 26.0 Å². The van der Waals surface area contributed by atoms with E-state index in [0.29, 0.717) is 30.1 Å². The summed E-state index contributed by atoms with van der Waals surface area (Å²) in [5, 5.41) is 9.00. The number of anilines is 2. The van der Waals surface area contributed by atoms with Crippen LogP contribution in [-0.4, -0.2) is 39.6 Å². The van der Waals surface area contributed by atoms with Crippen LogP contribution in [0.25, 0.3) is 0 Å². The van der Waals surface area contributed by atoms with Crippen molar-refractivity contribution in [1.29, 1.82) is 0 Å². The van der Waals surface area contributed by atoms with E-state index in [4.69, 9.17) is 15.6 Å². The van der Waals surface area contributed by atoms with E-state index in [1.165, 1.54) is 5.56 Å². The molecular weight excluding hydrogens is 408 g/mol. The highest BCUT2D eigenvalue weighted by atomic mass is 16.5. The second-order valence-corrected chi connectivity index (χ2v) is 8.99. The maximum absolute atomic E-state index is 13.2. The van der Waals surface area contributed by atoms with Crippen molar-refractivity contribution in [2.24, 2.45) is 5.92 Å². The van der Waals surface area contributed by atoms with E-state index in [2.05, 4.69) is 22.1 Å². The lowest BCUT2D eigenvalue weighted by Gasteiger charge is -2.30. The van der Waals surface area contributed by atoms with Crippen LogP contribution in [0.3, 0.4) is 0 Å². The van der Waals surface area contributed by atoms with Crippen LogP contribution < -0.4 is 15.4 Å². The highest BCUT2D eigenvalue weighted by Crippen LogP contribution is 2.38. The number of carbonyl (C=O) groups excluding carboxylic acids is 1. The van der Waals surface area contributed by atoms with Crippen LogP contribution in [0.1, 0.15) is 73.5 Å². The first-order valence-electron chi connectivity index (χ1n) is 11.3. The summed E-state index contributed by atoms with van der Waals surface area (Å²) in [6.45, 7) is 4.29. The maximum atomic E-state index is 13.2. The third-order valence-corrected chi connectivity index (χ3v) is 6.35. The molecule has 1 saturated carbocycles. The van der Waals surface area contributed by atoms with Crippen molar-refractivity contribution in [3.05, 3.63) is 41.1 Å². The Bertz CT molecular complexity index is 998. The first kappa shape index (κ1) is 22.0. The average Bonchev–Trinajstić information content (AvgIpc) is 2.73. The van der Waals surface area contributed by atoms with Gasteiger partial charge in [-0.15, -0.1) is 0 Å². The number of nitrogens with two attached hydrogens (primary N) is 1. The Morgan fingerprint density at radius 2 is 1.88 bits per heavy atom. The summed E-state index contributed by atoms with van der Waals surface area (Å²) in [7, 11) is 0. The fourth-order valence-electron chi connectivity index (χ4n) is 4.75. The average molecular weight is 439 g/mol. The molecule has 0 unspecified atom stereocenters. The van der Waals surface area contributed by atoms with Gasteiger partial charge in [0.25, 0.3) is 5.91 Å². The molecule has 1 aliphatic carbocycles. The van der Waals surface area contributed by atoms with Crippen LogP contribution in [0.5, 0.6) is 6.01 Å². The number of fused-ring (bicyclic) bond motifs is 1. The van der Waals surface area contributed by atoms with Gasteiger partial charge in [-0.2, -0.15) is 9.97 Å². The van der Waals surface area contributed by atoms with Gasteiger partial charge in [0.1, 0.15) is 11.4 Å². The molecule has 1 aliphatic heterocycles. The fourth-order valence-corrected chi connectivity index (χ4v) is 4.75. The number of aromatic nitrogens is 2. The molecule has 4 rings (SSSR count). The standard InChI is InChI=1S/C24H30N4O4/c1-14(2)32-24-26-19-11-12-28(23(31)21(19)22(25)27-24)18-9-7-17(8-10-18)16-5-3-15(4-6-16)13-20(29)30/h7-10,14-16H,3-6,11-13H2,1-2H3,(H,29,30)(H2,25,26,27)/t15-,16-. The number of carbonyl (C=O) groups is 2. The van der Waals surface area contributed by atoms with E-state index >= 15 is 0 Å². The molecule has 0 radical (unpaired) electrons. The fraction of sp³-hybridized carbons (Fsp3) is 0.500. The number of hydrogen-bond donors (Lipinski definition) is 2. The Labute approximate surface area is 187 Å². The second kappa shape index (κ2) is 9.14. The van der Waals surface area contributed by atoms with Crippen molar-refractivity contribution in [3.63, 3.8) is 0 Å². The number of rotatable bonds is 6. The lowest BCUT2D eigenvalue weighted by molar-refractivity contribution is -0.138. The Hall–Kier alpha value is -3.16. The molecule has 1 fully saturated rings. The SMILES string of the molecule is CC(C)Oc1nc(N)c2c(n1)CCN(c1ccc([C@H]3CC[C@H](CC(=O)O)CC3)cc1)C2=O. The molecule has 8 heteroatoms. The Kier molecular flexibility index (Phi) is 6.30. The van der Waals surface area contributed by atoms with E-state index in [1.54, 1.807) is 4.90 Å². The van der Waals surface area contributed by atoms with Crippen molar-refractivity contribution in [2.45, 2.75) is 64.4 Å². The Morgan fingerprint density at radius 1 is 1.19 bits per heavy atom. The summed E-state index contributed by atoms with van der Waals surface area (Å²) in [4.78, 5) is 34.4. The molecule has 0 bridgehead atoms. The third kappa shape index (κ3) is 4.69. The summed E-state index contributed by atoms with van der Waals surface area (Å²) in [5.41, 5.74) is 9.15. The lowest BCUT2D eigenvalue weighted by atomic mass is 9.77. The molecule has 3 N–H and O–H groups in total. The van der Waals surface area contributed by atoms with Crippen molar-refractivity contribution in [3.8, 4) is 6.01 Å². The van der Waals surface area contributed by atoms with Crippen LogP contribution in [0.15, 0.2) is 24.3 Å². The number of aliphatic carboxylic acids is 1. The topological polar surface area (TPSA) is 119 Å². The molecule has 2 aromatic rings. The van der Waals surface area contributed by atoms with Gasteiger partial charge in [0.15, 0.2) is 0 Å². The number of hydrogen-bond acceptors (Lipinski definition) is 6. The van der Waals surface area contributed by atoms with Gasteiger partial charge in [0.05, 0.1) is 11.8 Å². The van der Waals surface area contributed by atoms with E-state index < -0.39 is 5.97 Å². The molecule has 2 aliphatic rings. The molecule has 170 valence electrons. The monoisotopic (exact) mass is 438 g/mol. The summed E-state index contributed by atoms with van der Waals surface area (Å²) in [6.07, 6.45) is 4.67. The van der Waals surface area contributed by atoms with Crippen LogP contribution in [-0.2, 0) is 11.2 Å². The minimum absolute atomic E-state index is 0.0750. The second-order valence-electron chi connectivity index (χ2n) is 8.99. The molecule has 1 aromatic carbocycles. The van der Waals surface area contributed by atoms with Gasteiger partial charge in [-0.05, 0) is 69.1 Å². The predicted octanol–water partition coefficient (Wildman–Crippen LogP) is 3.80. The number of nitrogen functional groups attached to an aromatic ring is 1. The van der Waals surface area contributed by atoms with Crippen LogP contribution in [0, 0.1) is 5.92 Å². The van der Waals surface area contributed by atoms with Gasteiger partial charge >= 0.3 is 12.0 Å². The molecule has 8 nitrogen and oxygen atoms in total. The first-order chi connectivity index (χ1) is 15.3. The number of carboxylic acid groups (broad SMARTS) is 1. The smallest absolute Gasteiger partial charge is 0.318 e. The van der Waals surface area contributed by atoms with E-state index in [0.717, 1.165) is 31.4 Å². The highest BCUT2D eigenvalue weighted by Gasteiger charge is 2.31. The molecule has 1 aromatic heterocycles. The number of nitrogens with zero attached hydrogens (tertiary/aromatic N) is 3. The van der Waals surface area contributed by atoms with Crippen molar-refractivity contribution >= 4 is 23.4 Å². The molecule has 0 atom stereocenters. The summed E-state index contributed by atoms with van der Waals surface area (Å²) < 4.78 is 5.55. The summed E-state index contributed by atoms with van der Waals surface area (Å²) in [6, 6.07) is 8.34. The zero-order chi connectivity index (χ0) is 22.8. The quantitative estimate of drug-likeness (QED) is 0.704. The number of ether oxygens (including phenoxy) is 1. The van der Waals surface area contributed by atoms with Crippen molar-refractivity contribution in [1.82, 2.24) is 9.97 Å². The molecule has 2 heterocycles. The van der Waals surface area contributed by atoms with Gasteiger partial charge in [-0.25, -0.2) is 0 Å². The van der Waals surface area contributed by atoms with Crippen LogP contribution in [0.4, 0.5) is 11.5 Å². The minimum Gasteiger partial charge on any atom is -0.481 e. The van der Waals surface area contributed by atoms with E-state index in [9.17, 15) is 9.59 Å². The Morgan fingerprint density at radius 3 is 2.50 bits per heavy atom. The van der Waals surface area contributed by atoms with Gasteiger partial charge in [-0.1, -0.05) is 12.1 Å². The van der Waals surface area contributed by atoms with Gasteiger partial charge in [0.2, 0.25) is 0 Å². The molecule has 32 heavy (non-hydrogen) atoms. The number of carboxylic acids is 1. The zero-order valence-corrected chi connectivity index (χ0v) is 18.6. The summed E-state index contributed by atoms with van der Waals surface area (Å²) in [5.74, 6) is -0.0272. The largest absolute Gasteiger partial charge is 0.481 e. The van der Waals surface area contributed by atoms with Gasteiger partial charge < -0.3 is 20.5 Å². The predicted molar refractivity (Wildman–Crippen MR) is 121 cm³/mol. The maximum Gasteiger partial charge on any atom is 0.318 e. The zero-order valence-electron chi connectivity index (χ0n) is 18.6. The van der Waals surface area contributed by atoms with Gasteiger partial charge in [0, 0.05) is 25.1 Å². The third-order valence-electron chi connectivity index (χ3n) is 6.35. The van der Waals surface area contributed by atoms with E-state index in [-0.39, 0.29) is 36.2 Å². The normalized spacial score (nSPS) is 20.8. The Balaban J connectivity index is 1.45. The molecule has 0 saturated heterocycles. The summed E-state index contributed by atoms with van der Waals surface area (Å²) >= 11 is 0. The lowest BCUT2D eigenvalue weighted by Crippen LogP contribution is -2.39. The van der Waals surface area contributed by atoms with Crippen molar-refractivity contribution < 1.29 is 19.4 Å². The first-order valence-corrected chi connectivity index (χ1v) is 11.3. The highest BCUT2D eigenvalue weighted by molar-refractivity contribution is 6.10. The molecule has 0 spiro atoms. The minimum atomic E-state index is -0.708.